The van der Waals surface area contributed by atoms with Gasteiger partial charge in [0.15, 0.2) is 0 Å². The molecule has 0 fully saturated rings. The van der Waals surface area contributed by atoms with Crippen LogP contribution in [0.15, 0.2) is 27.6 Å². The van der Waals surface area contributed by atoms with E-state index in [1.54, 1.807) is 0 Å². The number of rotatable bonds is 6. The zero-order valence-corrected chi connectivity index (χ0v) is 12.3. The molecule has 2 N–H and O–H groups in total. The lowest BCUT2D eigenvalue weighted by Crippen LogP contribution is -2.25. The molecule has 0 amide bonds. The Kier molecular flexibility index (Phi) is 5.58. The highest BCUT2D eigenvalue weighted by Gasteiger charge is 2.14. The van der Waals surface area contributed by atoms with Crippen molar-refractivity contribution in [1.29, 1.82) is 0 Å². The number of aliphatic carboxylic acids is 1. The lowest BCUT2D eigenvalue weighted by molar-refractivity contribution is -0.137. The SMILES string of the molecule is O=C(O)CCCNS(=O)(=O)c1ccc(Cl)c(Br)c1. The first kappa shape index (κ1) is 15.4. The zero-order chi connectivity index (χ0) is 13.8. The minimum absolute atomic E-state index is 0.0766. The van der Waals surface area contributed by atoms with Crippen LogP contribution in [-0.2, 0) is 14.8 Å². The standard InChI is InChI=1S/C10H11BrClNO4S/c11-8-6-7(3-4-9(8)12)18(16,17)13-5-1-2-10(14)15/h3-4,6,13H,1-2,5H2,(H,14,15). The van der Waals surface area contributed by atoms with Gasteiger partial charge in [0.05, 0.1) is 9.92 Å². The molecular weight excluding hydrogens is 346 g/mol. The van der Waals surface area contributed by atoms with Crippen LogP contribution < -0.4 is 4.72 Å². The summed E-state index contributed by atoms with van der Waals surface area (Å²) < 4.78 is 26.4. The number of carboxylic acids is 1. The molecule has 0 heterocycles. The second kappa shape index (κ2) is 6.51. The van der Waals surface area contributed by atoms with Gasteiger partial charge in [0.2, 0.25) is 10.0 Å². The fourth-order valence-electron chi connectivity index (χ4n) is 1.17. The Balaban J connectivity index is 2.68. The van der Waals surface area contributed by atoms with Gasteiger partial charge in [-0.3, -0.25) is 4.79 Å². The molecule has 0 unspecified atom stereocenters. The molecule has 0 atom stereocenters. The topological polar surface area (TPSA) is 83.5 Å². The maximum absolute atomic E-state index is 11.8. The first-order valence-corrected chi connectivity index (χ1v) is 7.65. The molecule has 0 aliphatic heterocycles. The maximum atomic E-state index is 11.8. The molecular formula is C10H11BrClNO4S. The summed E-state index contributed by atoms with van der Waals surface area (Å²) in [5.41, 5.74) is 0. The number of sulfonamides is 1. The molecule has 0 saturated heterocycles. The summed E-state index contributed by atoms with van der Waals surface area (Å²) in [6, 6.07) is 4.24. The maximum Gasteiger partial charge on any atom is 0.303 e. The van der Waals surface area contributed by atoms with Crippen molar-refractivity contribution in [2.75, 3.05) is 6.54 Å². The minimum atomic E-state index is -3.63. The molecule has 0 saturated carbocycles. The van der Waals surface area contributed by atoms with Crippen molar-refractivity contribution in [1.82, 2.24) is 4.72 Å². The quantitative estimate of drug-likeness (QED) is 0.766. The molecule has 0 bridgehead atoms. The summed E-state index contributed by atoms with van der Waals surface area (Å²) in [4.78, 5) is 10.4. The van der Waals surface area contributed by atoms with Crippen LogP contribution in [0.25, 0.3) is 0 Å². The largest absolute Gasteiger partial charge is 0.481 e. The Morgan fingerprint density at radius 3 is 2.67 bits per heavy atom. The van der Waals surface area contributed by atoms with Crippen LogP contribution >= 0.6 is 27.5 Å². The van der Waals surface area contributed by atoms with Crippen LogP contribution in [0.5, 0.6) is 0 Å². The highest BCUT2D eigenvalue weighted by molar-refractivity contribution is 9.10. The van der Waals surface area contributed by atoms with Gasteiger partial charge in [-0.2, -0.15) is 0 Å². The number of hydrogen-bond acceptors (Lipinski definition) is 3. The average molecular weight is 357 g/mol. The molecule has 0 aliphatic rings. The van der Waals surface area contributed by atoms with Crippen molar-refractivity contribution >= 4 is 43.5 Å². The number of hydrogen-bond donors (Lipinski definition) is 2. The van der Waals surface area contributed by atoms with Crippen LogP contribution in [0.1, 0.15) is 12.8 Å². The molecule has 8 heteroatoms. The van der Waals surface area contributed by atoms with E-state index in [0.717, 1.165) is 0 Å². The van der Waals surface area contributed by atoms with Gasteiger partial charge < -0.3 is 5.11 Å². The zero-order valence-electron chi connectivity index (χ0n) is 9.19. The van der Waals surface area contributed by atoms with E-state index < -0.39 is 16.0 Å². The fourth-order valence-corrected chi connectivity index (χ4v) is 2.92. The average Bonchev–Trinajstić information content (AvgIpc) is 2.28. The summed E-state index contributed by atoms with van der Waals surface area (Å²) in [7, 11) is -3.63. The van der Waals surface area contributed by atoms with Crippen molar-refractivity contribution in [3.05, 3.63) is 27.7 Å². The van der Waals surface area contributed by atoms with Crippen molar-refractivity contribution in [2.45, 2.75) is 17.7 Å². The van der Waals surface area contributed by atoms with Crippen molar-refractivity contribution in [2.24, 2.45) is 0 Å². The minimum Gasteiger partial charge on any atom is -0.481 e. The molecule has 18 heavy (non-hydrogen) atoms. The molecule has 1 aromatic rings. The third-order valence-corrected chi connectivity index (χ3v) is 4.73. The Morgan fingerprint density at radius 2 is 2.11 bits per heavy atom. The number of carbonyl (C=O) groups is 1. The van der Waals surface area contributed by atoms with E-state index in [0.29, 0.717) is 9.50 Å². The van der Waals surface area contributed by atoms with E-state index >= 15 is 0 Å². The molecule has 5 nitrogen and oxygen atoms in total. The van der Waals surface area contributed by atoms with Gasteiger partial charge in [0.1, 0.15) is 0 Å². The third kappa shape index (κ3) is 4.56. The highest BCUT2D eigenvalue weighted by atomic mass is 79.9. The second-order valence-corrected chi connectivity index (χ2v) is 6.50. The Hall–Kier alpha value is -0.630. The van der Waals surface area contributed by atoms with Gasteiger partial charge >= 0.3 is 5.97 Å². The van der Waals surface area contributed by atoms with E-state index in [2.05, 4.69) is 20.7 Å². The van der Waals surface area contributed by atoms with Crippen molar-refractivity contribution in [3.8, 4) is 0 Å². The molecule has 1 rings (SSSR count). The number of benzene rings is 1. The van der Waals surface area contributed by atoms with Gasteiger partial charge in [-0.1, -0.05) is 11.6 Å². The summed E-state index contributed by atoms with van der Waals surface area (Å²) in [5.74, 6) is -0.955. The van der Waals surface area contributed by atoms with Gasteiger partial charge in [-0.05, 0) is 40.5 Å². The van der Waals surface area contributed by atoms with Crippen LogP contribution in [0, 0.1) is 0 Å². The second-order valence-electron chi connectivity index (χ2n) is 3.47. The molecule has 0 spiro atoms. The van der Waals surface area contributed by atoms with Crippen molar-refractivity contribution in [3.63, 3.8) is 0 Å². The van der Waals surface area contributed by atoms with Gasteiger partial charge in [-0.15, -0.1) is 0 Å². The first-order chi connectivity index (χ1) is 8.33. The molecule has 0 aromatic heterocycles. The van der Waals surface area contributed by atoms with E-state index in [9.17, 15) is 13.2 Å². The van der Waals surface area contributed by atoms with Crippen LogP contribution in [0.2, 0.25) is 5.02 Å². The normalized spacial score (nSPS) is 11.4. The van der Waals surface area contributed by atoms with Gasteiger partial charge in [0.25, 0.3) is 0 Å². The smallest absolute Gasteiger partial charge is 0.303 e. The summed E-state index contributed by atoms with van der Waals surface area (Å²) in [6.07, 6.45) is 0.163. The number of nitrogens with one attached hydrogen (secondary N) is 1. The molecule has 0 aliphatic carbocycles. The fraction of sp³-hybridized carbons (Fsp3) is 0.300. The summed E-state index contributed by atoms with van der Waals surface area (Å²) in [5, 5.41) is 8.85. The summed E-state index contributed by atoms with van der Waals surface area (Å²) >= 11 is 8.90. The number of halogens is 2. The van der Waals surface area contributed by atoms with E-state index in [1.165, 1.54) is 18.2 Å². The highest BCUT2D eigenvalue weighted by Crippen LogP contribution is 2.25. The third-order valence-electron chi connectivity index (χ3n) is 2.06. The van der Waals surface area contributed by atoms with Crippen LogP contribution in [0.3, 0.4) is 0 Å². The predicted octanol–water partition coefficient (Wildman–Crippen LogP) is 2.25. The lowest BCUT2D eigenvalue weighted by Gasteiger charge is -2.07. The van der Waals surface area contributed by atoms with Gasteiger partial charge in [0, 0.05) is 17.4 Å². The molecule has 0 radical (unpaired) electrons. The molecule has 1 aromatic carbocycles. The van der Waals surface area contributed by atoms with Crippen molar-refractivity contribution < 1.29 is 18.3 Å². The summed E-state index contributed by atoms with van der Waals surface area (Å²) in [6.45, 7) is 0.0783. The van der Waals surface area contributed by atoms with E-state index in [-0.39, 0.29) is 24.3 Å². The van der Waals surface area contributed by atoms with E-state index in [4.69, 9.17) is 16.7 Å². The van der Waals surface area contributed by atoms with E-state index in [1.807, 2.05) is 0 Å². The first-order valence-electron chi connectivity index (χ1n) is 4.99. The van der Waals surface area contributed by atoms with Gasteiger partial charge in [-0.25, -0.2) is 13.1 Å². The predicted molar refractivity (Wildman–Crippen MR) is 71.2 cm³/mol. The lowest BCUT2D eigenvalue weighted by atomic mass is 10.3. The Morgan fingerprint density at radius 1 is 1.44 bits per heavy atom. The Bertz CT molecular complexity index is 547. The number of carboxylic acid groups (broad SMARTS) is 1. The Labute approximate surface area is 118 Å². The van der Waals surface area contributed by atoms with Crippen LogP contribution in [0.4, 0.5) is 0 Å². The monoisotopic (exact) mass is 355 g/mol. The molecule has 100 valence electrons. The van der Waals surface area contributed by atoms with Crippen LogP contribution in [-0.4, -0.2) is 26.0 Å².